The number of carbonyl (C=O) groups is 1. The molecule has 1 aliphatic rings. The van der Waals surface area contributed by atoms with E-state index in [2.05, 4.69) is 5.32 Å². The van der Waals surface area contributed by atoms with Crippen LogP contribution in [0, 0.1) is 5.92 Å². The number of amides is 1. The Morgan fingerprint density at radius 1 is 1.56 bits per heavy atom. The minimum atomic E-state index is -0.155. The predicted octanol–water partition coefficient (Wildman–Crippen LogP) is 0.643. The van der Waals surface area contributed by atoms with E-state index in [1.165, 1.54) is 0 Å². The molecule has 0 aliphatic heterocycles. The summed E-state index contributed by atoms with van der Waals surface area (Å²) < 4.78 is 4.90. The molecule has 0 saturated heterocycles. The van der Waals surface area contributed by atoms with E-state index in [0.717, 1.165) is 25.0 Å². The number of aliphatic hydroxyl groups is 1. The maximum absolute atomic E-state index is 11.4. The average Bonchev–Trinajstić information content (AvgIpc) is 2.68. The molecule has 0 bridgehead atoms. The largest absolute Gasteiger partial charge is 0.393 e. The van der Waals surface area contributed by atoms with Crippen molar-refractivity contribution in [2.45, 2.75) is 25.4 Å². The van der Waals surface area contributed by atoms with Crippen molar-refractivity contribution in [1.82, 2.24) is 5.32 Å². The molecule has 1 fully saturated rings. The first-order chi connectivity index (χ1) is 7.72. The highest BCUT2D eigenvalue weighted by Crippen LogP contribution is 2.24. The summed E-state index contributed by atoms with van der Waals surface area (Å²) in [6, 6.07) is 0. The Labute approximate surface area is 101 Å². The van der Waals surface area contributed by atoms with Crippen molar-refractivity contribution in [2.75, 3.05) is 31.8 Å². The molecule has 0 spiro atoms. The van der Waals surface area contributed by atoms with Crippen LogP contribution in [0.2, 0.25) is 0 Å². The van der Waals surface area contributed by atoms with Crippen LogP contribution >= 0.6 is 11.8 Å². The summed E-state index contributed by atoms with van der Waals surface area (Å²) in [6.45, 7) is 1.40. The quantitative estimate of drug-likeness (QED) is 0.648. The number of ether oxygens (including phenoxy) is 1. The van der Waals surface area contributed by atoms with E-state index < -0.39 is 0 Å². The van der Waals surface area contributed by atoms with Crippen LogP contribution in [0.1, 0.15) is 19.3 Å². The van der Waals surface area contributed by atoms with E-state index in [1.54, 1.807) is 18.9 Å². The fraction of sp³-hybridized carbons (Fsp3) is 0.909. The first-order valence-corrected chi connectivity index (χ1v) is 6.89. The number of methoxy groups -OCH3 is 1. The molecule has 0 aromatic heterocycles. The predicted molar refractivity (Wildman–Crippen MR) is 65.6 cm³/mol. The van der Waals surface area contributed by atoms with E-state index in [1.807, 2.05) is 0 Å². The minimum Gasteiger partial charge on any atom is -0.393 e. The first kappa shape index (κ1) is 13.8. The van der Waals surface area contributed by atoms with Crippen molar-refractivity contribution in [3.05, 3.63) is 0 Å². The molecule has 0 radical (unpaired) electrons. The Morgan fingerprint density at radius 2 is 2.38 bits per heavy atom. The van der Waals surface area contributed by atoms with Crippen LogP contribution in [-0.2, 0) is 9.53 Å². The Bertz CT molecular complexity index is 213. The molecule has 1 aliphatic carbocycles. The SMILES string of the molecule is COCCSCC(=O)NCC1CCC(O)C1. The highest BCUT2D eigenvalue weighted by molar-refractivity contribution is 7.99. The number of thioether (sulfide) groups is 1. The number of aliphatic hydroxyl groups excluding tert-OH is 1. The highest BCUT2D eigenvalue weighted by Gasteiger charge is 2.22. The van der Waals surface area contributed by atoms with Crippen molar-refractivity contribution in [3.63, 3.8) is 0 Å². The maximum Gasteiger partial charge on any atom is 0.230 e. The zero-order valence-corrected chi connectivity index (χ0v) is 10.6. The third-order valence-corrected chi connectivity index (χ3v) is 3.69. The van der Waals surface area contributed by atoms with Crippen LogP contribution in [0.3, 0.4) is 0 Å². The Morgan fingerprint density at radius 3 is 3.00 bits per heavy atom. The van der Waals surface area contributed by atoms with Crippen molar-refractivity contribution in [1.29, 1.82) is 0 Å². The zero-order valence-electron chi connectivity index (χ0n) is 9.78. The molecule has 1 rings (SSSR count). The normalized spacial score (nSPS) is 24.6. The summed E-state index contributed by atoms with van der Waals surface area (Å²) in [4.78, 5) is 11.4. The second kappa shape index (κ2) is 7.92. The molecule has 2 unspecified atom stereocenters. The maximum atomic E-state index is 11.4. The lowest BCUT2D eigenvalue weighted by molar-refractivity contribution is -0.118. The first-order valence-electron chi connectivity index (χ1n) is 5.73. The van der Waals surface area contributed by atoms with Gasteiger partial charge in [-0.25, -0.2) is 0 Å². The van der Waals surface area contributed by atoms with Crippen molar-refractivity contribution >= 4 is 17.7 Å². The smallest absolute Gasteiger partial charge is 0.230 e. The summed E-state index contributed by atoms with van der Waals surface area (Å²) >= 11 is 1.58. The van der Waals surface area contributed by atoms with Crippen LogP contribution < -0.4 is 5.32 Å². The van der Waals surface area contributed by atoms with E-state index in [4.69, 9.17) is 4.74 Å². The number of carbonyl (C=O) groups excluding carboxylic acids is 1. The van der Waals surface area contributed by atoms with Gasteiger partial charge < -0.3 is 15.2 Å². The van der Waals surface area contributed by atoms with E-state index >= 15 is 0 Å². The molecular formula is C11H21NO3S. The Hall–Kier alpha value is -0.260. The lowest BCUT2D eigenvalue weighted by Crippen LogP contribution is -2.30. The van der Waals surface area contributed by atoms with Gasteiger partial charge in [0.25, 0.3) is 0 Å². The Balaban J connectivity index is 1.97. The molecule has 2 atom stereocenters. The summed E-state index contributed by atoms with van der Waals surface area (Å²) in [5.74, 6) is 1.90. The summed E-state index contributed by atoms with van der Waals surface area (Å²) in [5.41, 5.74) is 0. The topological polar surface area (TPSA) is 58.6 Å². The molecule has 16 heavy (non-hydrogen) atoms. The second-order valence-electron chi connectivity index (χ2n) is 4.18. The van der Waals surface area contributed by atoms with Crippen molar-refractivity contribution in [3.8, 4) is 0 Å². The third kappa shape index (κ3) is 5.72. The van der Waals surface area contributed by atoms with Crippen LogP contribution in [0.4, 0.5) is 0 Å². The fourth-order valence-corrected chi connectivity index (χ4v) is 2.57. The molecule has 4 nitrogen and oxygen atoms in total. The molecule has 94 valence electrons. The standard InChI is InChI=1S/C11H21NO3S/c1-15-4-5-16-8-11(14)12-7-9-2-3-10(13)6-9/h9-10,13H,2-8H2,1H3,(H,12,14). The van der Waals surface area contributed by atoms with Crippen LogP contribution in [0.5, 0.6) is 0 Å². The van der Waals surface area contributed by atoms with E-state index in [9.17, 15) is 9.90 Å². The van der Waals surface area contributed by atoms with Crippen LogP contribution in [0.25, 0.3) is 0 Å². The minimum absolute atomic E-state index is 0.0856. The molecule has 0 aromatic rings. The average molecular weight is 247 g/mol. The van der Waals surface area contributed by atoms with Gasteiger partial charge in [-0.15, -0.1) is 11.8 Å². The van der Waals surface area contributed by atoms with Gasteiger partial charge in [-0.2, -0.15) is 0 Å². The lowest BCUT2D eigenvalue weighted by Gasteiger charge is -2.10. The summed E-state index contributed by atoms with van der Waals surface area (Å²) in [6.07, 6.45) is 2.58. The van der Waals surface area contributed by atoms with Gasteiger partial charge in [-0.1, -0.05) is 0 Å². The van der Waals surface area contributed by atoms with Gasteiger partial charge in [0.15, 0.2) is 0 Å². The molecule has 1 saturated carbocycles. The fourth-order valence-electron chi connectivity index (χ4n) is 1.85. The van der Waals surface area contributed by atoms with Crippen molar-refractivity contribution < 1.29 is 14.6 Å². The molecule has 0 aromatic carbocycles. The number of rotatable bonds is 7. The zero-order chi connectivity index (χ0) is 11.8. The second-order valence-corrected chi connectivity index (χ2v) is 5.29. The number of nitrogens with one attached hydrogen (secondary N) is 1. The third-order valence-electron chi connectivity index (χ3n) is 2.77. The van der Waals surface area contributed by atoms with E-state index in [0.29, 0.717) is 24.8 Å². The number of hydrogen-bond acceptors (Lipinski definition) is 4. The van der Waals surface area contributed by atoms with Crippen LogP contribution in [0.15, 0.2) is 0 Å². The van der Waals surface area contributed by atoms with Gasteiger partial charge >= 0.3 is 0 Å². The molecule has 2 N–H and O–H groups in total. The van der Waals surface area contributed by atoms with Gasteiger partial charge in [0, 0.05) is 19.4 Å². The number of hydrogen-bond donors (Lipinski definition) is 2. The molecule has 1 amide bonds. The molecule has 0 heterocycles. The molecule has 5 heteroatoms. The monoisotopic (exact) mass is 247 g/mol. The van der Waals surface area contributed by atoms with E-state index in [-0.39, 0.29) is 12.0 Å². The van der Waals surface area contributed by atoms with Gasteiger partial charge in [0.2, 0.25) is 5.91 Å². The van der Waals surface area contributed by atoms with Crippen molar-refractivity contribution in [2.24, 2.45) is 5.92 Å². The van der Waals surface area contributed by atoms with Gasteiger partial charge in [-0.3, -0.25) is 4.79 Å². The van der Waals surface area contributed by atoms with Crippen LogP contribution in [-0.4, -0.2) is 48.9 Å². The Kier molecular flexibility index (Phi) is 6.84. The lowest BCUT2D eigenvalue weighted by atomic mass is 10.1. The van der Waals surface area contributed by atoms with Gasteiger partial charge in [0.05, 0.1) is 18.5 Å². The summed E-state index contributed by atoms with van der Waals surface area (Å²) in [7, 11) is 1.66. The molecular weight excluding hydrogens is 226 g/mol. The summed E-state index contributed by atoms with van der Waals surface area (Å²) in [5, 5.41) is 12.2. The van der Waals surface area contributed by atoms with Gasteiger partial charge in [-0.05, 0) is 25.2 Å². The van der Waals surface area contributed by atoms with Gasteiger partial charge in [0.1, 0.15) is 0 Å². The highest BCUT2D eigenvalue weighted by atomic mass is 32.2.